The van der Waals surface area contributed by atoms with E-state index in [1.807, 2.05) is 0 Å². The highest BCUT2D eigenvalue weighted by atomic mass is 79.9. The molecule has 1 rings (SSSR count). The second kappa shape index (κ2) is 9.40. The minimum Gasteiger partial charge on any atom is -0.361 e. The number of hydrogen-bond donors (Lipinski definition) is 0. The van der Waals surface area contributed by atoms with Crippen LogP contribution in [0.5, 0.6) is 0 Å². The lowest BCUT2D eigenvalue weighted by molar-refractivity contribution is 0.0573. The van der Waals surface area contributed by atoms with Gasteiger partial charge in [-0.1, -0.05) is 39.3 Å². The van der Waals surface area contributed by atoms with Crippen LogP contribution < -0.4 is 11.2 Å². The molecule has 0 N–H and O–H groups in total. The molecule has 0 saturated heterocycles. The van der Waals surface area contributed by atoms with Crippen LogP contribution in [0.1, 0.15) is 0 Å². The second-order valence-electron chi connectivity index (χ2n) is 8.50. The Morgan fingerprint density at radius 3 is 1.88 bits per heavy atom. The Kier molecular flexibility index (Phi) is 8.45. The maximum Gasteiger partial charge on any atom is 0.351 e. The second-order valence-corrected chi connectivity index (χ2v) is 20.5. The van der Waals surface area contributed by atoms with Gasteiger partial charge in [-0.15, -0.1) is 0 Å². The molecule has 0 aromatic carbocycles. The van der Waals surface area contributed by atoms with Gasteiger partial charge in [0.2, 0.25) is 0 Å². The fraction of sp³-hybridized carbons (Fsp3) is 0.800. The number of hydrogen-bond acceptors (Lipinski definition) is 5. The van der Waals surface area contributed by atoms with Gasteiger partial charge >= 0.3 is 5.69 Å². The van der Waals surface area contributed by atoms with Crippen LogP contribution in [-0.4, -0.2) is 43.7 Å². The summed E-state index contributed by atoms with van der Waals surface area (Å²) >= 11 is 3.11. The molecule has 0 bridgehead atoms. The SMILES string of the molecule is C[Si](C)(C)CCOCn1nc(Br)c(=O)n(COCC[Si](C)(C)C)c1=O. The lowest BCUT2D eigenvalue weighted by Gasteiger charge is -2.17. The molecule has 0 aliphatic rings. The molecule has 1 aromatic rings. The highest BCUT2D eigenvalue weighted by Gasteiger charge is 2.15. The van der Waals surface area contributed by atoms with Crippen molar-refractivity contribution >= 4 is 32.1 Å². The molecule has 0 atom stereocenters. The van der Waals surface area contributed by atoms with Crippen LogP contribution in [0.15, 0.2) is 14.2 Å². The van der Waals surface area contributed by atoms with Gasteiger partial charge in [0.25, 0.3) is 5.56 Å². The van der Waals surface area contributed by atoms with Crippen molar-refractivity contribution in [1.29, 1.82) is 0 Å². The predicted molar refractivity (Wildman–Crippen MR) is 109 cm³/mol. The molecular weight excluding hydrogens is 422 g/mol. The summed E-state index contributed by atoms with van der Waals surface area (Å²) in [5.74, 6) is 0. The van der Waals surface area contributed by atoms with E-state index in [1.165, 1.54) is 0 Å². The van der Waals surface area contributed by atoms with Crippen LogP contribution in [-0.2, 0) is 22.9 Å². The fourth-order valence-electron chi connectivity index (χ4n) is 1.79. The average molecular weight is 452 g/mol. The normalized spacial score (nSPS) is 12.6. The van der Waals surface area contributed by atoms with Crippen molar-refractivity contribution in [2.45, 2.75) is 64.8 Å². The third-order valence-corrected chi connectivity index (χ3v) is 7.41. The zero-order chi connectivity index (χ0) is 19.3. The molecule has 7 nitrogen and oxygen atoms in total. The van der Waals surface area contributed by atoms with Crippen LogP contribution in [0.4, 0.5) is 0 Å². The van der Waals surface area contributed by atoms with Gasteiger partial charge in [0.05, 0.1) is 0 Å². The largest absolute Gasteiger partial charge is 0.361 e. The number of ether oxygens (including phenoxy) is 2. The van der Waals surface area contributed by atoms with E-state index < -0.39 is 27.4 Å². The zero-order valence-corrected chi connectivity index (χ0v) is 19.7. The lowest BCUT2D eigenvalue weighted by atomic mass is 10.7. The summed E-state index contributed by atoms with van der Waals surface area (Å²) in [6.07, 6.45) is 0. The van der Waals surface area contributed by atoms with Crippen molar-refractivity contribution in [1.82, 2.24) is 14.3 Å². The smallest absolute Gasteiger partial charge is 0.351 e. The summed E-state index contributed by atoms with van der Waals surface area (Å²) in [5.41, 5.74) is -1.01. The van der Waals surface area contributed by atoms with Gasteiger partial charge in [-0.25, -0.2) is 9.36 Å². The summed E-state index contributed by atoms with van der Waals surface area (Å²) < 4.78 is 13.4. The highest BCUT2D eigenvalue weighted by Crippen LogP contribution is 2.08. The topological polar surface area (TPSA) is 75.3 Å². The van der Waals surface area contributed by atoms with Gasteiger partial charge in [-0.3, -0.25) is 4.79 Å². The van der Waals surface area contributed by atoms with E-state index in [-0.39, 0.29) is 18.1 Å². The Labute approximate surface area is 159 Å². The van der Waals surface area contributed by atoms with Crippen LogP contribution in [0.2, 0.25) is 51.4 Å². The standard InChI is InChI=1S/C15H30BrN3O4Si2/c1-24(2,3)9-7-22-11-18-14(20)13(16)17-19(15(18)21)12-23-8-10-25(4,5)6/h7-12H2,1-6H3. The maximum absolute atomic E-state index is 12.4. The number of aromatic nitrogens is 3. The van der Waals surface area contributed by atoms with Crippen LogP contribution in [0.25, 0.3) is 0 Å². The van der Waals surface area contributed by atoms with Gasteiger partial charge in [0, 0.05) is 29.4 Å². The molecule has 0 unspecified atom stereocenters. The molecule has 1 aromatic heterocycles. The third kappa shape index (κ3) is 8.58. The monoisotopic (exact) mass is 451 g/mol. The highest BCUT2D eigenvalue weighted by molar-refractivity contribution is 9.10. The molecule has 0 aliphatic carbocycles. The molecule has 1 heterocycles. The molecule has 0 aliphatic heterocycles. The molecule has 0 fully saturated rings. The minimum atomic E-state index is -1.22. The molecule has 0 saturated carbocycles. The molecule has 144 valence electrons. The molecule has 0 radical (unpaired) electrons. The Balaban J connectivity index is 2.74. The van der Waals surface area contributed by atoms with Crippen molar-refractivity contribution in [2.24, 2.45) is 0 Å². The summed E-state index contributed by atoms with van der Waals surface area (Å²) in [5, 5.41) is 3.96. The van der Waals surface area contributed by atoms with Gasteiger partial charge in [-0.2, -0.15) is 9.78 Å². The number of rotatable bonds is 10. The average Bonchev–Trinajstić information content (AvgIpc) is 2.45. The van der Waals surface area contributed by atoms with Crippen molar-refractivity contribution in [3.8, 4) is 0 Å². The summed E-state index contributed by atoms with van der Waals surface area (Å²) in [7, 11) is -2.41. The quantitative estimate of drug-likeness (QED) is 0.403. The molecule has 0 amide bonds. The third-order valence-electron chi connectivity index (χ3n) is 3.51. The maximum atomic E-state index is 12.4. The van der Waals surface area contributed by atoms with E-state index in [0.717, 1.165) is 21.3 Å². The Morgan fingerprint density at radius 2 is 1.40 bits per heavy atom. The van der Waals surface area contributed by atoms with Crippen molar-refractivity contribution in [3.63, 3.8) is 0 Å². The minimum absolute atomic E-state index is 0.0249. The Hall–Kier alpha value is -0.556. The van der Waals surface area contributed by atoms with E-state index in [9.17, 15) is 9.59 Å². The summed E-state index contributed by atoms with van der Waals surface area (Å²) in [6.45, 7) is 14.6. The van der Waals surface area contributed by atoms with Crippen molar-refractivity contribution in [2.75, 3.05) is 13.2 Å². The zero-order valence-electron chi connectivity index (χ0n) is 16.1. The summed E-state index contributed by atoms with van der Waals surface area (Å²) in [4.78, 5) is 24.6. The summed E-state index contributed by atoms with van der Waals surface area (Å²) in [6, 6.07) is 1.98. The van der Waals surface area contributed by atoms with E-state index in [4.69, 9.17) is 9.47 Å². The lowest BCUT2D eigenvalue weighted by Crippen LogP contribution is -2.43. The molecule has 10 heteroatoms. The first-order chi connectivity index (χ1) is 11.4. The van der Waals surface area contributed by atoms with Crippen LogP contribution in [0, 0.1) is 0 Å². The van der Waals surface area contributed by atoms with E-state index in [0.29, 0.717) is 13.2 Å². The number of halogens is 1. The van der Waals surface area contributed by atoms with Crippen LogP contribution in [0.3, 0.4) is 0 Å². The van der Waals surface area contributed by atoms with E-state index in [1.54, 1.807) is 0 Å². The van der Waals surface area contributed by atoms with E-state index >= 15 is 0 Å². The van der Waals surface area contributed by atoms with Gasteiger partial charge in [0.1, 0.15) is 13.5 Å². The van der Waals surface area contributed by atoms with Crippen LogP contribution >= 0.6 is 15.9 Å². The van der Waals surface area contributed by atoms with Gasteiger partial charge in [-0.05, 0) is 28.0 Å². The van der Waals surface area contributed by atoms with Crippen molar-refractivity contribution in [3.05, 3.63) is 25.4 Å². The molecular formula is C15H30BrN3O4Si2. The van der Waals surface area contributed by atoms with Gasteiger partial charge in [0.15, 0.2) is 4.60 Å². The fourth-order valence-corrected chi connectivity index (χ4v) is 3.71. The van der Waals surface area contributed by atoms with Crippen molar-refractivity contribution < 1.29 is 9.47 Å². The molecule has 0 spiro atoms. The van der Waals surface area contributed by atoms with E-state index in [2.05, 4.69) is 60.3 Å². The predicted octanol–water partition coefficient (Wildman–Crippen LogP) is 2.79. The first kappa shape index (κ1) is 22.5. The molecule has 25 heavy (non-hydrogen) atoms. The first-order valence-corrected chi connectivity index (χ1v) is 16.6. The first-order valence-electron chi connectivity index (χ1n) is 8.44. The number of nitrogens with zero attached hydrogens (tertiary/aromatic N) is 3. The Morgan fingerprint density at radius 1 is 0.920 bits per heavy atom. The van der Waals surface area contributed by atoms with Gasteiger partial charge < -0.3 is 9.47 Å². The Bertz CT molecular complexity index is 677.